The van der Waals surface area contributed by atoms with Gasteiger partial charge < -0.3 is 36.6 Å². The Morgan fingerprint density at radius 2 is 1.89 bits per heavy atom. The molecular weight excluding hydrogens is 558 g/mol. The number of unbranched alkanes of at least 4 members (excludes halogenated alkanes) is 4. The second-order valence-electron chi connectivity index (χ2n) is 13.6. The fraction of sp³-hybridized carbons (Fsp3) is 0.771. The van der Waals surface area contributed by atoms with E-state index in [9.17, 15) is 30.3 Å². The van der Waals surface area contributed by atoms with Crippen LogP contribution in [-0.4, -0.2) is 73.5 Å². The highest BCUT2D eigenvalue weighted by atomic mass is 16.4. The summed E-state index contributed by atoms with van der Waals surface area (Å²) < 4.78 is 0. The van der Waals surface area contributed by atoms with Crippen LogP contribution in [-0.2, 0) is 11.2 Å². The van der Waals surface area contributed by atoms with Gasteiger partial charge in [-0.25, -0.2) is 4.98 Å². The first kappa shape index (κ1) is 36.4. The number of nitrogens with one attached hydrogen (secondary N) is 1. The molecule has 0 unspecified atom stereocenters. The fourth-order valence-electron chi connectivity index (χ4n) is 7.52. The number of nitrogens with two attached hydrogens (primary N) is 1. The molecular formula is C35H59N3O6. The van der Waals surface area contributed by atoms with Crippen LogP contribution in [0.5, 0.6) is 0 Å². The maximum atomic E-state index is 12.1. The van der Waals surface area contributed by atoms with Crippen molar-refractivity contribution < 1.29 is 30.3 Å². The molecule has 1 fully saturated rings. The first-order chi connectivity index (χ1) is 21.1. The summed E-state index contributed by atoms with van der Waals surface area (Å²) >= 11 is 0. The van der Waals surface area contributed by atoms with Gasteiger partial charge in [-0.3, -0.25) is 4.79 Å². The van der Waals surface area contributed by atoms with Crippen LogP contribution in [0.3, 0.4) is 0 Å². The third-order valence-corrected chi connectivity index (χ3v) is 10.2. The van der Waals surface area contributed by atoms with Crippen molar-refractivity contribution in [3.63, 3.8) is 0 Å². The molecule has 250 valence electrons. The third kappa shape index (κ3) is 10.8. The van der Waals surface area contributed by atoms with E-state index in [1.807, 2.05) is 19.1 Å². The summed E-state index contributed by atoms with van der Waals surface area (Å²) in [4.78, 5) is 16.1. The molecule has 9 heteroatoms. The highest BCUT2D eigenvalue weighted by Gasteiger charge is 2.51. The lowest BCUT2D eigenvalue weighted by atomic mass is 9.81. The molecule has 1 aromatic heterocycles. The maximum absolute atomic E-state index is 12.1. The molecule has 2 aliphatic rings. The number of carboxylic acids is 1. The van der Waals surface area contributed by atoms with Gasteiger partial charge in [-0.15, -0.1) is 0 Å². The zero-order chi connectivity index (χ0) is 32.1. The van der Waals surface area contributed by atoms with Crippen molar-refractivity contribution in [2.24, 2.45) is 29.6 Å². The van der Waals surface area contributed by atoms with Gasteiger partial charge in [0.05, 0.1) is 29.8 Å². The number of aliphatic hydroxyl groups is 4. The Bertz CT molecular complexity index is 1020. The lowest BCUT2D eigenvalue weighted by Gasteiger charge is -2.30. The first-order valence-corrected chi connectivity index (χ1v) is 17.2. The minimum atomic E-state index is -1.41. The predicted molar refractivity (Wildman–Crippen MR) is 174 cm³/mol. The normalized spacial score (nSPS) is 30.0. The molecule has 1 saturated carbocycles. The molecule has 0 bridgehead atoms. The average molecular weight is 618 g/mol. The number of hydrogen-bond acceptors (Lipinski definition) is 8. The molecule has 1 aromatic rings. The Labute approximate surface area is 264 Å². The van der Waals surface area contributed by atoms with Crippen molar-refractivity contribution in [3.8, 4) is 0 Å². The lowest BCUT2D eigenvalue weighted by molar-refractivity contribution is -0.147. The standard InChI is InChI=1S/C35H59N3O6/c1-3-5-7-10-24-13-14-26(31(40)20-24)11-8-6-9-12-28(34(42)43)30(39)15-17-35(44)22-27(29(33(35)41)23-37-4-2)19-25-16-18-38-32(36)21-25/h13-14,16,18,21,24,26-31,33,37,39-41,44H,3-12,15,17,19-20,22-23H2,1-2H3,(H2,36,38)(H,42,43)/t24-,26-,27-,28+,29+,30-,31-,33-,35+/m1/s1. The van der Waals surface area contributed by atoms with Crippen molar-refractivity contribution in [2.45, 2.75) is 128 Å². The van der Waals surface area contributed by atoms with E-state index >= 15 is 0 Å². The second-order valence-corrected chi connectivity index (χ2v) is 13.6. The summed E-state index contributed by atoms with van der Waals surface area (Å²) in [5, 5.41) is 57.5. The molecule has 0 saturated heterocycles. The molecule has 9 nitrogen and oxygen atoms in total. The molecule has 0 amide bonds. The zero-order valence-corrected chi connectivity index (χ0v) is 27.0. The minimum absolute atomic E-state index is 0.00673. The van der Waals surface area contributed by atoms with Gasteiger partial charge in [-0.05, 0) is 87.4 Å². The number of carbonyl (C=O) groups is 1. The van der Waals surface area contributed by atoms with E-state index in [1.165, 1.54) is 19.3 Å². The second kappa shape index (κ2) is 18.2. The van der Waals surface area contributed by atoms with E-state index in [4.69, 9.17) is 5.73 Å². The van der Waals surface area contributed by atoms with Crippen LogP contribution >= 0.6 is 0 Å². The predicted octanol–water partition coefficient (Wildman–Crippen LogP) is 4.47. The Balaban J connectivity index is 1.47. The van der Waals surface area contributed by atoms with Crippen molar-refractivity contribution >= 4 is 11.8 Å². The topological polar surface area (TPSA) is 169 Å². The Morgan fingerprint density at radius 1 is 1.11 bits per heavy atom. The van der Waals surface area contributed by atoms with Crippen molar-refractivity contribution in [3.05, 3.63) is 36.0 Å². The number of pyridine rings is 1. The van der Waals surface area contributed by atoms with E-state index in [0.717, 1.165) is 44.2 Å². The smallest absolute Gasteiger partial charge is 0.309 e. The summed E-state index contributed by atoms with van der Waals surface area (Å²) in [6.45, 7) is 5.49. The van der Waals surface area contributed by atoms with Crippen LogP contribution in [0, 0.1) is 29.6 Å². The SMILES string of the molecule is CCCCC[C@@H]1C=C[C@@H](CCCCC[C@H](C(=O)O)[C@H](O)CC[C@]2(O)C[C@@H](Cc3ccnc(N)c3)[C@H](CNCC)[C@H]2O)[C@H](O)C1. The highest BCUT2D eigenvalue weighted by Crippen LogP contribution is 2.44. The number of hydrogen-bond donors (Lipinski definition) is 7. The third-order valence-electron chi connectivity index (χ3n) is 10.2. The van der Waals surface area contributed by atoms with Gasteiger partial charge in [0.1, 0.15) is 5.82 Å². The number of aliphatic carboxylic acids is 1. The first-order valence-electron chi connectivity index (χ1n) is 17.2. The number of carboxylic acid groups (broad SMARTS) is 1. The Morgan fingerprint density at radius 3 is 2.57 bits per heavy atom. The van der Waals surface area contributed by atoms with Crippen LogP contribution in [0.15, 0.2) is 30.5 Å². The van der Waals surface area contributed by atoms with Crippen LogP contribution < -0.4 is 11.1 Å². The molecule has 0 aromatic carbocycles. The van der Waals surface area contributed by atoms with Crippen LogP contribution in [0.25, 0.3) is 0 Å². The van der Waals surface area contributed by atoms with E-state index in [-0.39, 0.29) is 36.7 Å². The maximum Gasteiger partial charge on any atom is 0.309 e. The molecule has 0 aliphatic heterocycles. The average Bonchev–Trinajstić information content (AvgIpc) is 3.21. The molecule has 2 aliphatic carbocycles. The molecule has 0 spiro atoms. The largest absolute Gasteiger partial charge is 0.481 e. The number of anilines is 1. The number of nitrogen functional groups attached to an aromatic ring is 1. The van der Waals surface area contributed by atoms with Crippen molar-refractivity contribution in [1.82, 2.24) is 10.3 Å². The van der Waals surface area contributed by atoms with Gasteiger partial charge in [-0.2, -0.15) is 0 Å². The molecule has 9 atom stereocenters. The zero-order valence-electron chi connectivity index (χ0n) is 27.0. The number of aliphatic hydroxyl groups excluding tert-OH is 3. The minimum Gasteiger partial charge on any atom is -0.481 e. The van der Waals surface area contributed by atoms with Gasteiger partial charge in [0.25, 0.3) is 0 Å². The summed E-state index contributed by atoms with van der Waals surface area (Å²) in [5.74, 6) is -1.09. The summed E-state index contributed by atoms with van der Waals surface area (Å²) in [7, 11) is 0. The Hall–Kier alpha value is -2.04. The van der Waals surface area contributed by atoms with E-state index in [2.05, 4.69) is 29.4 Å². The Kier molecular flexibility index (Phi) is 15.1. The van der Waals surface area contributed by atoms with E-state index in [0.29, 0.717) is 44.0 Å². The van der Waals surface area contributed by atoms with E-state index in [1.54, 1.807) is 6.20 Å². The highest BCUT2D eigenvalue weighted by molar-refractivity contribution is 5.70. The monoisotopic (exact) mass is 617 g/mol. The number of nitrogens with zero attached hydrogens (tertiary/aromatic N) is 1. The van der Waals surface area contributed by atoms with Crippen LogP contribution in [0.4, 0.5) is 5.82 Å². The van der Waals surface area contributed by atoms with Gasteiger partial charge in [0.2, 0.25) is 0 Å². The summed E-state index contributed by atoms with van der Waals surface area (Å²) in [6.07, 6.45) is 14.2. The number of aromatic nitrogens is 1. The van der Waals surface area contributed by atoms with Crippen LogP contribution in [0.1, 0.15) is 103 Å². The van der Waals surface area contributed by atoms with Gasteiger partial charge >= 0.3 is 5.97 Å². The summed E-state index contributed by atoms with van der Waals surface area (Å²) in [5.41, 5.74) is 5.45. The molecule has 0 radical (unpaired) electrons. The van der Waals surface area contributed by atoms with E-state index < -0.39 is 29.7 Å². The molecule has 1 heterocycles. The van der Waals surface area contributed by atoms with Gasteiger partial charge in [0, 0.05) is 24.6 Å². The molecule has 8 N–H and O–H groups in total. The van der Waals surface area contributed by atoms with Gasteiger partial charge in [0.15, 0.2) is 0 Å². The number of allylic oxidation sites excluding steroid dienone is 1. The summed E-state index contributed by atoms with van der Waals surface area (Å²) in [6, 6.07) is 3.71. The van der Waals surface area contributed by atoms with Crippen molar-refractivity contribution in [2.75, 3.05) is 18.8 Å². The van der Waals surface area contributed by atoms with Gasteiger partial charge in [-0.1, -0.05) is 64.5 Å². The van der Waals surface area contributed by atoms with Crippen LogP contribution in [0.2, 0.25) is 0 Å². The molecule has 3 rings (SSSR count). The van der Waals surface area contributed by atoms with Crippen molar-refractivity contribution in [1.29, 1.82) is 0 Å². The quantitative estimate of drug-likeness (QED) is 0.0824. The molecule has 44 heavy (non-hydrogen) atoms. The lowest BCUT2D eigenvalue weighted by Crippen LogP contribution is -2.43. The fourth-order valence-corrected chi connectivity index (χ4v) is 7.52. The number of rotatable bonds is 20.